The summed E-state index contributed by atoms with van der Waals surface area (Å²) in [7, 11) is 0. The molecule has 136 valence electrons. The molecule has 0 aromatic carbocycles. The Morgan fingerprint density at radius 2 is 2.04 bits per heavy atom. The lowest BCUT2D eigenvalue weighted by Gasteiger charge is -2.11. The molecule has 3 N–H and O–H groups in total. The maximum Gasteiger partial charge on any atom is 0.405 e. The number of anilines is 1. The highest BCUT2D eigenvalue weighted by Crippen LogP contribution is 2.18. The predicted octanol–water partition coefficient (Wildman–Crippen LogP) is 2.10. The Morgan fingerprint density at radius 3 is 2.68 bits per heavy atom. The van der Waals surface area contributed by atoms with Gasteiger partial charge in [-0.1, -0.05) is 0 Å². The van der Waals surface area contributed by atoms with E-state index < -0.39 is 31.2 Å². The first-order chi connectivity index (χ1) is 11.7. The van der Waals surface area contributed by atoms with E-state index >= 15 is 0 Å². The molecule has 11 heteroatoms. The van der Waals surface area contributed by atoms with Gasteiger partial charge in [-0.2, -0.15) is 18.3 Å². The van der Waals surface area contributed by atoms with Crippen molar-refractivity contribution in [2.45, 2.75) is 19.6 Å². The molecule has 0 radical (unpaired) electrons. The molecule has 3 amide bonds. The lowest BCUT2D eigenvalue weighted by Crippen LogP contribution is -2.42. The fourth-order valence-corrected chi connectivity index (χ4v) is 2.74. The van der Waals surface area contributed by atoms with E-state index in [2.05, 4.69) is 15.7 Å². The molecular weight excluding hydrogens is 359 g/mol. The molecule has 0 atom stereocenters. The molecule has 0 aliphatic rings. The minimum Gasteiger partial charge on any atom is -0.345 e. The van der Waals surface area contributed by atoms with Crippen molar-refractivity contribution >= 4 is 29.1 Å². The van der Waals surface area contributed by atoms with Crippen LogP contribution in [0.2, 0.25) is 0 Å². The van der Waals surface area contributed by atoms with Gasteiger partial charge in [0, 0.05) is 10.9 Å². The first-order valence-electron chi connectivity index (χ1n) is 7.17. The van der Waals surface area contributed by atoms with Crippen LogP contribution in [-0.4, -0.2) is 41.0 Å². The number of halogens is 3. The topological polar surface area (TPSA) is 88.1 Å². The summed E-state index contributed by atoms with van der Waals surface area (Å²) in [6.07, 6.45) is -2.99. The lowest BCUT2D eigenvalue weighted by atomic mass is 10.3. The molecule has 0 fully saturated rings. The smallest absolute Gasteiger partial charge is 0.345 e. The molecule has 25 heavy (non-hydrogen) atoms. The van der Waals surface area contributed by atoms with E-state index in [-0.39, 0.29) is 0 Å². The lowest BCUT2D eigenvalue weighted by molar-refractivity contribution is -0.137. The fraction of sp³-hybridized carbons (Fsp3) is 0.357. The van der Waals surface area contributed by atoms with Gasteiger partial charge in [0.05, 0.1) is 19.3 Å². The number of carbonyl (C=O) groups is 2. The Bertz CT molecular complexity index is 741. The van der Waals surface area contributed by atoms with Gasteiger partial charge < -0.3 is 10.6 Å². The molecule has 7 nitrogen and oxygen atoms in total. The number of hydrogen-bond donors (Lipinski definition) is 3. The zero-order valence-corrected chi connectivity index (χ0v) is 14.0. The Labute approximate surface area is 145 Å². The number of aromatic nitrogens is 2. The first-order valence-corrected chi connectivity index (χ1v) is 8.05. The number of nitrogens with one attached hydrogen (secondary N) is 3. The SMILES string of the molecule is Cc1ccsc1Cn1nccc1NC(=O)NCC(=O)NCC(F)(F)F. The molecule has 2 aromatic heterocycles. The molecule has 0 unspecified atom stereocenters. The second-order valence-electron chi connectivity index (χ2n) is 5.10. The standard InChI is InChI=1S/C14H16F3N5O2S/c1-9-3-5-25-10(9)7-22-11(2-4-20-22)21-13(24)18-6-12(23)19-8-14(15,16)17/h2-5H,6-8H2,1H3,(H,19,23)(H2,18,21,24). The Balaban J connectivity index is 1.82. The van der Waals surface area contributed by atoms with Crippen LogP contribution in [0.25, 0.3) is 0 Å². The van der Waals surface area contributed by atoms with Gasteiger partial charge in [0.1, 0.15) is 12.4 Å². The van der Waals surface area contributed by atoms with E-state index in [1.807, 2.05) is 18.4 Å². The van der Waals surface area contributed by atoms with E-state index in [0.29, 0.717) is 12.4 Å². The minimum absolute atomic E-state index is 0.404. The molecule has 0 bridgehead atoms. The Hall–Kier alpha value is -2.56. The van der Waals surface area contributed by atoms with Crippen LogP contribution in [0.1, 0.15) is 10.4 Å². The van der Waals surface area contributed by atoms with E-state index in [4.69, 9.17) is 0 Å². The second kappa shape index (κ2) is 8.01. The highest BCUT2D eigenvalue weighted by Gasteiger charge is 2.27. The number of rotatable bonds is 6. The maximum atomic E-state index is 12.0. The van der Waals surface area contributed by atoms with Crippen LogP contribution in [0.3, 0.4) is 0 Å². The van der Waals surface area contributed by atoms with E-state index in [9.17, 15) is 22.8 Å². The second-order valence-corrected chi connectivity index (χ2v) is 6.10. The third kappa shape index (κ3) is 6.10. The van der Waals surface area contributed by atoms with Crippen LogP contribution < -0.4 is 16.0 Å². The van der Waals surface area contributed by atoms with Crippen molar-refractivity contribution < 1.29 is 22.8 Å². The van der Waals surface area contributed by atoms with Crippen molar-refractivity contribution in [3.8, 4) is 0 Å². The molecule has 0 aliphatic heterocycles. The number of nitrogens with zero attached hydrogens (tertiary/aromatic N) is 2. The van der Waals surface area contributed by atoms with Gasteiger partial charge in [-0.05, 0) is 23.9 Å². The monoisotopic (exact) mass is 375 g/mol. The van der Waals surface area contributed by atoms with Crippen LogP contribution in [-0.2, 0) is 11.3 Å². The van der Waals surface area contributed by atoms with Gasteiger partial charge in [-0.3, -0.25) is 10.1 Å². The molecule has 2 aromatic rings. The van der Waals surface area contributed by atoms with Gasteiger partial charge in [0.25, 0.3) is 0 Å². The van der Waals surface area contributed by atoms with E-state index in [1.165, 1.54) is 6.20 Å². The highest BCUT2D eigenvalue weighted by atomic mass is 32.1. The Morgan fingerprint density at radius 1 is 1.28 bits per heavy atom. The molecule has 2 heterocycles. The van der Waals surface area contributed by atoms with Crippen molar-refractivity contribution in [1.82, 2.24) is 20.4 Å². The molecule has 0 saturated carbocycles. The van der Waals surface area contributed by atoms with Crippen molar-refractivity contribution in [3.05, 3.63) is 34.2 Å². The summed E-state index contributed by atoms with van der Waals surface area (Å²) in [5, 5.41) is 12.4. The quantitative estimate of drug-likeness (QED) is 0.723. The van der Waals surface area contributed by atoms with E-state index in [0.717, 1.165) is 10.4 Å². The number of carbonyl (C=O) groups excluding carboxylic acids is 2. The summed E-state index contributed by atoms with van der Waals surface area (Å²) in [6.45, 7) is 0.426. The summed E-state index contributed by atoms with van der Waals surface area (Å²) in [5.74, 6) is -0.531. The zero-order chi connectivity index (χ0) is 18.4. The van der Waals surface area contributed by atoms with Gasteiger partial charge >= 0.3 is 12.2 Å². The summed E-state index contributed by atoms with van der Waals surface area (Å²) in [6, 6.07) is 2.83. The summed E-state index contributed by atoms with van der Waals surface area (Å²) < 4.78 is 37.5. The summed E-state index contributed by atoms with van der Waals surface area (Å²) in [5.41, 5.74) is 1.11. The minimum atomic E-state index is -4.50. The number of amides is 3. The van der Waals surface area contributed by atoms with E-state index in [1.54, 1.807) is 27.4 Å². The van der Waals surface area contributed by atoms with Crippen LogP contribution in [0.5, 0.6) is 0 Å². The maximum absolute atomic E-state index is 12.0. The largest absolute Gasteiger partial charge is 0.405 e. The average Bonchev–Trinajstić information content (AvgIpc) is 3.13. The number of alkyl halides is 3. The molecular formula is C14H16F3N5O2S. The van der Waals surface area contributed by atoms with Crippen molar-refractivity contribution in [2.24, 2.45) is 0 Å². The molecule has 0 saturated heterocycles. The van der Waals surface area contributed by atoms with Crippen molar-refractivity contribution in [3.63, 3.8) is 0 Å². The van der Waals surface area contributed by atoms with Crippen LogP contribution >= 0.6 is 11.3 Å². The van der Waals surface area contributed by atoms with Gasteiger partial charge in [0.15, 0.2) is 0 Å². The Kier molecular flexibility index (Phi) is 6.02. The normalized spacial score (nSPS) is 11.2. The third-order valence-electron chi connectivity index (χ3n) is 3.12. The van der Waals surface area contributed by atoms with Gasteiger partial charge in [-0.25, -0.2) is 9.48 Å². The third-order valence-corrected chi connectivity index (χ3v) is 4.12. The summed E-state index contributed by atoms with van der Waals surface area (Å²) >= 11 is 1.56. The molecule has 0 aliphatic carbocycles. The number of thiophene rings is 1. The fourth-order valence-electron chi connectivity index (χ4n) is 1.85. The van der Waals surface area contributed by atoms with Crippen LogP contribution in [0.4, 0.5) is 23.8 Å². The van der Waals surface area contributed by atoms with Crippen molar-refractivity contribution in [1.29, 1.82) is 0 Å². The van der Waals surface area contributed by atoms with Gasteiger partial charge in [-0.15, -0.1) is 11.3 Å². The average molecular weight is 375 g/mol. The zero-order valence-electron chi connectivity index (χ0n) is 13.2. The number of urea groups is 1. The number of hydrogen-bond acceptors (Lipinski definition) is 4. The predicted molar refractivity (Wildman–Crippen MR) is 86.5 cm³/mol. The van der Waals surface area contributed by atoms with Gasteiger partial charge in [0.2, 0.25) is 5.91 Å². The van der Waals surface area contributed by atoms with Crippen LogP contribution in [0.15, 0.2) is 23.7 Å². The van der Waals surface area contributed by atoms with Crippen molar-refractivity contribution in [2.75, 3.05) is 18.4 Å². The van der Waals surface area contributed by atoms with Crippen LogP contribution in [0, 0.1) is 6.92 Å². The highest BCUT2D eigenvalue weighted by molar-refractivity contribution is 7.10. The molecule has 0 spiro atoms. The summed E-state index contributed by atoms with van der Waals surface area (Å²) in [4.78, 5) is 24.1. The molecule has 2 rings (SSSR count). The number of aryl methyl sites for hydroxylation is 1. The first kappa shape index (κ1) is 18.8.